The summed E-state index contributed by atoms with van der Waals surface area (Å²) in [6, 6.07) is 35.9. The molecule has 0 amide bonds. The van der Waals surface area contributed by atoms with Gasteiger partial charge >= 0.3 is 0 Å². The van der Waals surface area contributed by atoms with Crippen LogP contribution >= 0.6 is 0 Å². The minimum absolute atomic E-state index is 0.00353. The van der Waals surface area contributed by atoms with Gasteiger partial charge in [-0.05, 0) is 28.8 Å². The van der Waals surface area contributed by atoms with Gasteiger partial charge in [0.2, 0.25) is 0 Å². The maximum atomic E-state index is 14.1. The number of phenols is 1. The van der Waals surface area contributed by atoms with Gasteiger partial charge in [0.25, 0.3) is 0 Å². The number of benzene rings is 4. The van der Waals surface area contributed by atoms with Crippen molar-refractivity contribution in [1.29, 1.82) is 0 Å². The van der Waals surface area contributed by atoms with Crippen LogP contribution in [-0.4, -0.2) is 10.9 Å². The van der Waals surface area contributed by atoms with Gasteiger partial charge in [-0.25, -0.2) is 0 Å². The van der Waals surface area contributed by atoms with E-state index in [2.05, 4.69) is 0 Å². The molecule has 0 heterocycles. The number of ketones is 1. The minimum atomic E-state index is -1.02. The largest absolute Gasteiger partial charge is 0.508 e. The van der Waals surface area contributed by atoms with Crippen molar-refractivity contribution in [2.75, 3.05) is 0 Å². The molecule has 4 rings (SSSR count). The van der Waals surface area contributed by atoms with Crippen molar-refractivity contribution in [3.8, 4) is 5.75 Å². The predicted octanol–water partition coefficient (Wildman–Crippen LogP) is 5.61. The number of rotatable bonds is 5. The van der Waals surface area contributed by atoms with Crippen LogP contribution < -0.4 is 0 Å². The van der Waals surface area contributed by atoms with Crippen molar-refractivity contribution in [3.05, 3.63) is 138 Å². The quantitative estimate of drug-likeness (QED) is 0.369. The standard InChI is InChI=1S/C26H20O2/c27-24-18-16-23(17-19-24)26(21-12-6-2-7-13-21,22-14-8-3-9-15-22)25(28)20-10-4-1-5-11-20/h1-19,27H. The molecule has 0 saturated carbocycles. The van der Waals surface area contributed by atoms with E-state index in [9.17, 15) is 9.90 Å². The third-order valence-corrected chi connectivity index (χ3v) is 5.09. The van der Waals surface area contributed by atoms with Crippen LogP contribution in [0.1, 0.15) is 27.0 Å². The van der Waals surface area contributed by atoms with Crippen LogP contribution in [0.3, 0.4) is 0 Å². The van der Waals surface area contributed by atoms with E-state index in [1.165, 1.54) is 0 Å². The van der Waals surface area contributed by atoms with Crippen LogP contribution in [0.4, 0.5) is 0 Å². The average molecular weight is 364 g/mol. The molecule has 0 aliphatic rings. The van der Waals surface area contributed by atoms with E-state index in [1.54, 1.807) is 12.1 Å². The zero-order chi connectivity index (χ0) is 19.4. The van der Waals surface area contributed by atoms with Gasteiger partial charge < -0.3 is 5.11 Å². The number of Topliss-reactive ketones (excluding diaryl/α,β-unsaturated/α-hetero) is 1. The number of carbonyl (C=O) groups is 1. The van der Waals surface area contributed by atoms with Gasteiger partial charge in [-0.3, -0.25) is 4.79 Å². The SMILES string of the molecule is O=C(c1ccccc1)C(c1ccccc1)(c1ccccc1)c1ccc(O)cc1. The van der Waals surface area contributed by atoms with E-state index in [-0.39, 0.29) is 11.5 Å². The monoisotopic (exact) mass is 364 g/mol. The second kappa shape index (κ2) is 7.53. The highest BCUT2D eigenvalue weighted by Gasteiger charge is 2.43. The summed E-state index contributed by atoms with van der Waals surface area (Å²) in [6.07, 6.45) is 0. The first-order chi connectivity index (χ1) is 13.7. The lowest BCUT2D eigenvalue weighted by molar-refractivity contribution is 0.0935. The fourth-order valence-electron chi connectivity index (χ4n) is 3.79. The van der Waals surface area contributed by atoms with Crippen molar-refractivity contribution < 1.29 is 9.90 Å². The van der Waals surface area contributed by atoms with E-state index in [0.717, 1.165) is 16.7 Å². The molecule has 0 fully saturated rings. The molecule has 0 unspecified atom stereocenters. The Morgan fingerprint density at radius 1 is 0.536 bits per heavy atom. The maximum Gasteiger partial charge on any atom is 0.182 e. The number of hydrogen-bond acceptors (Lipinski definition) is 2. The molecule has 0 saturated heterocycles. The molecule has 2 nitrogen and oxygen atoms in total. The van der Waals surface area contributed by atoms with Gasteiger partial charge in [-0.1, -0.05) is 103 Å². The Bertz CT molecular complexity index is 1010. The summed E-state index contributed by atoms with van der Waals surface area (Å²) in [7, 11) is 0. The highest BCUT2D eigenvalue weighted by molar-refractivity contribution is 6.09. The number of phenolic OH excluding ortho intramolecular Hbond substituents is 1. The molecule has 1 N–H and O–H groups in total. The molecule has 0 aliphatic carbocycles. The molecule has 4 aromatic rings. The Morgan fingerprint density at radius 2 is 0.929 bits per heavy atom. The van der Waals surface area contributed by atoms with Crippen LogP contribution in [-0.2, 0) is 5.41 Å². The van der Waals surface area contributed by atoms with E-state index < -0.39 is 5.41 Å². The summed E-state index contributed by atoms with van der Waals surface area (Å²) in [5.41, 5.74) is 2.22. The molecular formula is C26H20O2. The topological polar surface area (TPSA) is 37.3 Å². The summed E-state index contributed by atoms with van der Waals surface area (Å²) in [4.78, 5) is 14.1. The summed E-state index contributed by atoms with van der Waals surface area (Å²) in [5, 5.41) is 9.83. The van der Waals surface area contributed by atoms with Crippen LogP contribution in [0.5, 0.6) is 5.75 Å². The second-order valence-corrected chi connectivity index (χ2v) is 6.72. The molecule has 28 heavy (non-hydrogen) atoms. The first-order valence-electron chi connectivity index (χ1n) is 9.23. The normalized spacial score (nSPS) is 11.1. The van der Waals surface area contributed by atoms with Gasteiger partial charge in [0, 0.05) is 5.56 Å². The molecule has 0 bridgehead atoms. The lowest BCUT2D eigenvalue weighted by atomic mass is 9.65. The summed E-state index contributed by atoms with van der Waals surface area (Å²) < 4.78 is 0. The van der Waals surface area contributed by atoms with Crippen molar-refractivity contribution >= 4 is 5.78 Å². The Balaban J connectivity index is 2.08. The second-order valence-electron chi connectivity index (χ2n) is 6.72. The van der Waals surface area contributed by atoms with Crippen molar-refractivity contribution in [1.82, 2.24) is 0 Å². The van der Waals surface area contributed by atoms with Gasteiger partial charge in [-0.15, -0.1) is 0 Å². The van der Waals surface area contributed by atoms with Crippen molar-refractivity contribution in [2.45, 2.75) is 5.41 Å². The van der Waals surface area contributed by atoms with Gasteiger partial charge in [0.05, 0.1) is 0 Å². The van der Waals surface area contributed by atoms with Crippen LogP contribution in [0.25, 0.3) is 0 Å². The predicted molar refractivity (Wildman–Crippen MR) is 112 cm³/mol. The minimum Gasteiger partial charge on any atom is -0.508 e. The molecule has 0 aliphatic heterocycles. The smallest absolute Gasteiger partial charge is 0.182 e. The van der Waals surface area contributed by atoms with E-state index in [4.69, 9.17) is 0 Å². The van der Waals surface area contributed by atoms with Gasteiger partial charge in [0.1, 0.15) is 11.2 Å². The first kappa shape index (κ1) is 17.7. The Kier molecular flexibility index (Phi) is 4.77. The molecular weight excluding hydrogens is 344 g/mol. The van der Waals surface area contributed by atoms with Crippen LogP contribution in [0.15, 0.2) is 115 Å². The third-order valence-electron chi connectivity index (χ3n) is 5.09. The fourth-order valence-corrected chi connectivity index (χ4v) is 3.79. The maximum absolute atomic E-state index is 14.1. The van der Waals surface area contributed by atoms with Gasteiger partial charge in [0.15, 0.2) is 5.78 Å². The van der Waals surface area contributed by atoms with E-state index >= 15 is 0 Å². The molecule has 4 aromatic carbocycles. The zero-order valence-electron chi connectivity index (χ0n) is 15.3. The highest BCUT2D eigenvalue weighted by atomic mass is 16.3. The van der Waals surface area contributed by atoms with Crippen LogP contribution in [0.2, 0.25) is 0 Å². The number of carbonyl (C=O) groups excluding carboxylic acids is 1. The number of hydrogen-bond donors (Lipinski definition) is 1. The molecule has 0 spiro atoms. The van der Waals surface area contributed by atoms with Crippen molar-refractivity contribution in [3.63, 3.8) is 0 Å². The summed E-state index contributed by atoms with van der Waals surface area (Å²) in [6.45, 7) is 0. The highest BCUT2D eigenvalue weighted by Crippen LogP contribution is 2.42. The number of aromatic hydroxyl groups is 1. The Hall–Kier alpha value is -3.65. The molecule has 0 radical (unpaired) electrons. The first-order valence-corrected chi connectivity index (χ1v) is 9.23. The van der Waals surface area contributed by atoms with Gasteiger partial charge in [-0.2, -0.15) is 0 Å². The summed E-state index contributed by atoms with van der Waals surface area (Å²) in [5.74, 6) is 0.169. The fraction of sp³-hybridized carbons (Fsp3) is 0.0385. The molecule has 0 aromatic heterocycles. The Labute approximate surface area is 164 Å². The molecule has 0 atom stereocenters. The lowest BCUT2D eigenvalue weighted by Gasteiger charge is -2.34. The van der Waals surface area contributed by atoms with E-state index in [0.29, 0.717) is 5.56 Å². The zero-order valence-corrected chi connectivity index (χ0v) is 15.3. The van der Waals surface area contributed by atoms with Crippen LogP contribution in [0, 0.1) is 0 Å². The lowest BCUT2D eigenvalue weighted by Crippen LogP contribution is -2.38. The average Bonchev–Trinajstić information content (AvgIpc) is 2.77. The van der Waals surface area contributed by atoms with Crippen molar-refractivity contribution in [2.24, 2.45) is 0 Å². The van der Waals surface area contributed by atoms with E-state index in [1.807, 2.05) is 103 Å². The molecule has 2 heteroatoms. The Morgan fingerprint density at radius 3 is 1.39 bits per heavy atom. The third kappa shape index (κ3) is 2.99. The molecule has 136 valence electrons. The summed E-state index contributed by atoms with van der Waals surface area (Å²) >= 11 is 0.